The number of azo groups is 1. The average Bonchev–Trinajstić information content (AvgIpc) is 3.34. The van der Waals surface area contributed by atoms with Gasteiger partial charge in [-0.3, -0.25) is 13.9 Å². The second-order valence-electron chi connectivity index (χ2n) is 8.31. The Labute approximate surface area is 213 Å². The maximum atomic E-state index is 12.6. The van der Waals surface area contributed by atoms with Gasteiger partial charge >= 0.3 is 5.69 Å². The minimum Gasteiger partial charge on any atom is -0.493 e. The number of rotatable bonds is 5. The number of hydrogen-bond acceptors (Lipinski definition) is 6. The molecule has 0 spiro atoms. The fourth-order valence-corrected chi connectivity index (χ4v) is 4.49. The highest BCUT2D eigenvalue weighted by Gasteiger charge is 2.19. The Kier molecular flexibility index (Phi) is 5.92. The first kappa shape index (κ1) is 23.5. The molecule has 0 atom stereocenters. The summed E-state index contributed by atoms with van der Waals surface area (Å²) in [6.45, 7) is 0.415. The Morgan fingerprint density at radius 1 is 1.00 bits per heavy atom. The van der Waals surface area contributed by atoms with Gasteiger partial charge in [-0.05, 0) is 23.8 Å². The molecule has 0 aliphatic carbocycles. The molecule has 36 heavy (non-hydrogen) atoms. The number of hydrogen-bond donors (Lipinski definition) is 1. The van der Waals surface area contributed by atoms with Gasteiger partial charge in [0, 0.05) is 37.5 Å². The van der Waals surface area contributed by atoms with Crippen molar-refractivity contribution in [1.29, 1.82) is 0 Å². The fourth-order valence-electron chi connectivity index (χ4n) is 4.13. The van der Waals surface area contributed by atoms with E-state index in [9.17, 15) is 14.7 Å². The molecule has 0 bridgehead atoms. The Morgan fingerprint density at radius 3 is 2.50 bits per heavy atom. The topological polar surface area (TPSA) is 112 Å². The van der Waals surface area contributed by atoms with Gasteiger partial charge in [-0.2, -0.15) is 4.98 Å². The lowest BCUT2D eigenvalue weighted by Crippen LogP contribution is -2.37. The van der Waals surface area contributed by atoms with Crippen LogP contribution in [0.5, 0.6) is 5.88 Å². The fraction of sp³-hybridized carbons (Fsp3) is 0.160. The van der Waals surface area contributed by atoms with Crippen LogP contribution in [-0.4, -0.2) is 28.4 Å². The minimum absolute atomic E-state index is 0.0494. The largest absolute Gasteiger partial charge is 0.493 e. The number of benzene rings is 2. The summed E-state index contributed by atoms with van der Waals surface area (Å²) in [5.74, 6) is 0.0780. The van der Waals surface area contributed by atoms with Crippen LogP contribution >= 0.6 is 15.9 Å². The summed E-state index contributed by atoms with van der Waals surface area (Å²) in [4.78, 5) is 29.3. The van der Waals surface area contributed by atoms with E-state index in [2.05, 4.69) is 31.1 Å². The van der Waals surface area contributed by atoms with E-state index in [4.69, 9.17) is 0 Å². The number of aromatic hydroxyl groups is 1. The van der Waals surface area contributed by atoms with Gasteiger partial charge in [0.15, 0.2) is 16.9 Å². The van der Waals surface area contributed by atoms with Crippen molar-refractivity contribution < 1.29 is 5.11 Å². The van der Waals surface area contributed by atoms with E-state index >= 15 is 0 Å². The highest BCUT2D eigenvalue weighted by Crippen LogP contribution is 2.40. The van der Waals surface area contributed by atoms with Crippen LogP contribution in [0.4, 0.5) is 11.6 Å². The third kappa shape index (κ3) is 3.87. The third-order valence-corrected chi connectivity index (χ3v) is 6.55. The molecule has 0 fully saturated rings. The molecule has 3 aromatic heterocycles. The van der Waals surface area contributed by atoms with Crippen LogP contribution in [0.3, 0.4) is 0 Å². The summed E-state index contributed by atoms with van der Waals surface area (Å²) in [5.41, 5.74) is 1.59. The predicted octanol–water partition coefficient (Wildman–Crippen LogP) is 4.52. The SMILES string of the molecule is Cn1c(=O)c2c(nc(N=Nc3c(O)n(C/C=C/c4ccccc4)c4ccc(Br)cc34)n2C)n(C)c1=O. The van der Waals surface area contributed by atoms with Crippen molar-refractivity contribution in [2.75, 3.05) is 0 Å². The molecule has 0 radical (unpaired) electrons. The number of imidazole rings is 1. The molecule has 182 valence electrons. The summed E-state index contributed by atoms with van der Waals surface area (Å²) >= 11 is 3.48. The van der Waals surface area contributed by atoms with Crippen molar-refractivity contribution in [3.63, 3.8) is 0 Å². The maximum Gasteiger partial charge on any atom is 0.332 e. The van der Waals surface area contributed by atoms with E-state index in [0.717, 1.165) is 20.1 Å². The van der Waals surface area contributed by atoms with E-state index in [-0.39, 0.29) is 28.7 Å². The van der Waals surface area contributed by atoms with Crippen molar-refractivity contribution in [2.45, 2.75) is 6.54 Å². The number of fused-ring (bicyclic) bond motifs is 2. The lowest BCUT2D eigenvalue weighted by molar-refractivity contribution is 0.431. The molecule has 10 nitrogen and oxygen atoms in total. The van der Waals surface area contributed by atoms with Crippen LogP contribution in [0.25, 0.3) is 28.1 Å². The predicted molar refractivity (Wildman–Crippen MR) is 142 cm³/mol. The molecule has 0 saturated carbocycles. The maximum absolute atomic E-state index is 12.6. The summed E-state index contributed by atoms with van der Waals surface area (Å²) < 4.78 is 6.35. The zero-order chi connectivity index (χ0) is 25.6. The van der Waals surface area contributed by atoms with Crippen LogP contribution in [0.15, 0.2) is 78.9 Å². The van der Waals surface area contributed by atoms with E-state index in [1.54, 1.807) is 11.6 Å². The van der Waals surface area contributed by atoms with E-state index < -0.39 is 11.2 Å². The van der Waals surface area contributed by atoms with Gasteiger partial charge < -0.3 is 14.2 Å². The molecular formula is C25H22BrN7O3. The van der Waals surface area contributed by atoms with Gasteiger partial charge in [-0.25, -0.2) is 4.79 Å². The monoisotopic (exact) mass is 547 g/mol. The first-order valence-corrected chi connectivity index (χ1v) is 11.8. The summed E-state index contributed by atoms with van der Waals surface area (Å²) in [6, 6.07) is 15.5. The first-order chi connectivity index (χ1) is 17.3. The highest BCUT2D eigenvalue weighted by atomic mass is 79.9. The van der Waals surface area contributed by atoms with E-state index in [1.807, 2.05) is 60.7 Å². The Morgan fingerprint density at radius 2 is 1.75 bits per heavy atom. The van der Waals surface area contributed by atoms with Crippen LogP contribution in [-0.2, 0) is 27.7 Å². The molecule has 5 aromatic rings. The van der Waals surface area contributed by atoms with Crippen molar-refractivity contribution in [3.05, 3.63) is 85.5 Å². The van der Waals surface area contributed by atoms with Crippen LogP contribution in [0.1, 0.15) is 5.56 Å². The first-order valence-electron chi connectivity index (χ1n) is 11.0. The van der Waals surface area contributed by atoms with Crippen LogP contribution in [0, 0.1) is 0 Å². The summed E-state index contributed by atoms with van der Waals surface area (Å²) in [6.07, 6.45) is 3.94. The number of aryl methyl sites for hydroxylation is 2. The van der Waals surface area contributed by atoms with Crippen molar-refractivity contribution in [2.24, 2.45) is 31.4 Å². The Balaban J connectivity index is 1.59. The average molecular weight is 548 g/mol. The molecule has 1 N–H and O–H groups in total. The van der Waals surface area contributed by atoms with Gasteiger partial charge in [0.05, 0.1) is 5.52 Å². The van der Waals surface area contributed by atoms with Gasteiger partial charge in [-0.15, -0.1) is 10.2 Å². The molecule has 3 heterocycles. The number of allylic oxidation sites excluding steroid dienone is 1. The molecular weight excluding hydrogens is 526 g/mol. The van der Waals surface area contributed by atoms with Gasteiger partial charge in [0.25, 0.3) is 11.5 Å². The minimum atomic E-state index is -0.483. The standard InChI is InChI=1S/C25H22BrN7O3/c1-30-20-21(31(2)25(36)32(3)23(20)35)27-24(30)29-28-19-17-14-16(26)11-12-18(17)33(22(19)34)13-7-10-15-8-5-4-6-9-15/h4-12,14,34H,13H2,1-3H3/b10-7+,29-28?. The smallest absolute Gasteiger partial charge is 0.332 e. The van der Waals surface area contributed by atoms with E-state index in [0.29, 0.717) is 11.9 Å². The number of halogens is 1. The zero-order valence-electron chi connectivity index (χ0n) is 19.8. The van der Waals surface area contributed by atoms with Crippen molar-refractivity contribution in [3.8, 4) is 5.88 Å². The molecule has 0 aliphatic rings. The van der Waals surface area contributed by atoms with Crippen molar-refractivity contribution in [1.82, 2.24) is 23.3 Å². The van der Waals surface area contributed by atoms with Gasteiger partial charge in [0.1, 0.15) is 0 Å². The normalized spacial score (nSPS) is 12.1. The second-order valence-corrected chi connectivity index (χ2v) is 9.22. The molecule has 0 saturated heterocycles. The lowest BCUT2D eigenvalue weighted by Gasteiger charge is -2.03. The van der Waals surface area contributed by atoms with E-state index in [1.165, 1.54) is 23.2 Å². The van der Waals surface area contributed by atoms with Gasteiger partial charge in [0.2, 0.25) is 5.88 Å². The van der Waals surface area contributed by atoms with Crippen molar-refractivity contribution >= 4 is 55.7 Å². The van der Waals surface area contributed by atoms with Crippen LogP contribution < -0.4 is 11.2 Å². The highest BCUT2D eigenvalue weighted by molar-refractivity contribution is 9.10. The molecule has 0 unspecified atom stereocenters. The summed E-state index contributed by atoms with van der Waals surface area (Å²) in [5, 5.41) is 20.3. The molecule has 11 heteroatoms. The molecule has 0 aliphatic heterocycles. The summed E-state index contributed by atoms with van der Waals surface area (Å²) in [7, 11) is 4.58. The molecule has 5 rings (SSSR count). The quantitative estimate of drug-likeness (QED) is 0.326. The third-order valence-electron chi connectivity index (χ3n) is 6.06. The number of aromatic nitrogens is 5. The Hall–Kier alpha value is -4.25. The number of nitrogens with zero attached hydrogens (tertiary/aromatic N) is 7. The zero-order valence-corrected chi connectivity index (χ0v) is 21.3. The molecule has 0 amide bonds. The van der Waals surface area contributed by atoms with Gasteiger partial charge in [-0.1, -0.05) is 58.4 Å². The Bertz CT molecular complexity index is 1810. The second kappa shape index (κ2) is 9.08. The van der Waals surface area contributed by atoms with Crippen LogP contribution in [0.2, 0.25) is 0 Å². The molecule has 2 aromatic carbocycles. The lowest BCUT2D eigenvalue weighted by atomic mass is 10.2.